The predicted molar refractivity (Wildman–Crippen MR) is 117 cm³/mol. The Morgan fingerprint density at radius 1 is 1.00 bits per heavy atom. The zero-order chi connectivity index (χ0) is 21.8. The first-order valence-corrected chi connectivity index (χ1v) is 10.8. The minimum absolute atomic E-state index is 0.0873. The molecule has 2 aromatic heterocycles. The highest BCUT2D eigenvalue weighted by molar-refractivity contribution is 7.92. The molecule has 0 saturated carbocycles. The van der Waals surface area contributed by atoms with Gasteiger partial charge >= 0.3 is 0 Å². The van der Waals surface area contributed by atoms with Crippen LogP contribution in [0.15, 0.2) is 78.2 Å². The summed E-state index contributed by atoms with van der Waals surface area (Å²) < 4.78 is 35.1. The van der Waals surface area contributed by atoms with E-state index in [0.29, 0.717) is 17.3 Å². The van der Waals surface area contributed by atoms with Gasteiger partial charge in [-0.05, 0) is 55.0 Å². The number of methoxy groups -OCH3 is 1. The molecule has 0 aliphatic carbocycles. The number of nitrogens with zero attached hydrogens (tertiary/aromatic N) is 4. The molecule has 0 bridgehead atoms. The second kappa shape index (κ2) is 8.44. The van der Waals surface area contributed by atoms with Gasteiger partial charge in [-0.15, -0.1) is 0 Å². The normalized spacial score (nSPS) is 11.2. The van der Waals surface area contributed by atoms with Crippen LogP contribution in [0, 0.1) is 6.92 Å². The summed E-state index contributed by atoms with van der Waals surface area (Å²) in [6, 6.07) is 15.4. The smallest absolute Gasteiger partial charge is 0.265 e. The van der Waals surface area contributed by atoms with Gasteiger partial charge in [-0.25, -0.2) is 23.1 Å². The van der Waals surface area contributed by atoms with Gasteiger partial charge in [0.1, 0.15) is 22.8 Å². The highest BCUT2D eigenvalue weighted by atomic mass is 32.2. The van der Waals surface area contributed by atoms with Gasteiger partial charge in [0.2, 0.25) is 0 Å². The van der Waals surface area contributed by atoms with Crippen molar-refractivity contribution in [3.63, 3.8) is 0 Å². The molecule has 158 valence electrons. The fourth-order valence-corrected chi connectivity index (χ4v) is 4.23. The molecule has 0 saturated heterocycles. The summed E-state index contributed by atoms with van der Waals surface area (Å²) in [7, 11) is -2.37. The van der Waals surface area contributed by atoms with E-state index in [1.54, 1.807) is 71.7 Å². The second-order valence-corrected chi connectivity index (χ2v) is 8.33. The monoisotopic (exact) mass is 436 g/mol. The summed E-state index contributed by atoms with van der Waals surface area (Å²) in [5.41, 5.74) is 1.98. The van der Waals surface area contributed by atoms with Crippen molar-refractivity contribution >= 4 is 27.2 Å². The molecule has 4 rings (SSSR count). The topological polar surface area (TPSA) is 111 Å². The quantitative estimate of drug-likeness (QED) is 0.456. The van der Waals surface area contributed by atoms with Crippen molar-refractivity contribution in [2.24, 2.45) is 0 Å². The molecule has 2 heterocycles. The lowest BCUT2D eigenvalue weighted by Gasteiger charge is -2.13. The van der Waals surface area contributed by atoms with Crippen molar-refractivity contribution in [1.82, 2.24) is 19.7 Å². The van der Waals surface area contributed by atoms with E-state index >= 15 is 0 Å². The summed E-state index contributed by atoms with van der Waals surface area (Å²) in [5.74, 6) is 1.49. The molecule has 2 aromatic carbocycles. The van der Waals surface area contributed by atoms with Crippen molar-refractivity contribution in [3.05, 3.63) is 78.9 Å². The molecule has 0 spiro atoms. The molecule has 0 aliphatic rings. The van der Waals surface area contributed by atoms with E-state index in [2.05, 4.69) is 25.1 Å². The van der Waals surface area contributed by atoms with Crippen LogP contribution in [0.25, 0.3) is 5.82 Å². The first kappa shape index (κ1) is 20.4. The number of aromatic nitrogens is 4. The number of sulfonamides is 1. The third kappa shape index (κ3) is 4.64. The van der Waals surface area contributed by atoms with Crippen molar-refractivity contribution in [2.75, 3.05) is 17.1 Å². The van der Waals surface area contributed by atoms with Gasteiger partial charge in [0.05, 0.1) is 7.11 Å². The fourth-order valence-electron chi connectivity index (χ4n) is 2.92. The van der Waals surface area contributed by atoms with Crippen molar-refractivity contribution in [2.45, 2.75) is 11.8 Å². The largest absolute Gasteiger partial charge is 0.495 e. The maximum atomic E-state index is 12.8. The van der Waals surface area contributed by atoms with Crippen LogP contribution in [0.2, 0.25) is 0 Å². The molecule has 9 nitrogen and oxygen atoms in total. The minimum atomic E-state index is -3.81. The number of benzene rings is 2. The van der Waals surface area contributed by atoms with Crippen LogP contribution in [0.1, 0.15) is 5.56 Å². The van der Waals surface area contributed by atoms with Gasteiger partial charge in [-0.3, -0.25) is 4.72 Å². The third-order valence-corrected chi connectivity index (χ3v) is 5.81. The van der Waals surface area contributed by atoms with Crippen LogP contribution in [0.3, 0.4) is 0 Å². The maximum Gasteiger partial charge on any atom is 0.265 e. The number of rotatable bonds is 7. The molecule has 10 heteroatoms. The molecule has 0 radical (unpaired) electrons. The first-order valence-electron chi connectivity index (χ1n) is 9.31. The van der Waals surface area contributed by atoms with Crippen LogP contribution >= 0.6 is 0 Å². The Balaban J connectivity index is 1.50. The summed E-state index contributed by atoms with van der Waals surface area (Å²) in [4.78, 5) is 8.48. The fraction of sp³-hybridized carbons (Fsp3) is 0.0952. The molecular formula is C21H20N6O3S. The molecule has 0 fully saturated rings. The minimum Gasteiger partial charge on any atom is -0.495 e. The summed E-state index contributed by atoms with van der Waals surface area (Å²) in [6.45, 7) is 1.82. The van der Waals surface area contributed by atoms with E-state index in [0.717, 1.165) is 11.3 Å². The van der Waals surface area contributed by atoms with Gasteiger partial charge in [0.25, 0.3) is 10.0 Å². The number of hydrogen-bond donors (Lipinski definition) is 2. The van der Waals surface area contributed by atoms with E-state index in [1.165, 1.54) is 13.4 Å². The Hall–Kier alpha value is -3.92. The summed E-state index contributed by atoms with van der Waals surface area (Å²) in [5, 5.41) is 7.31. The highest BCUT2D eigenvalue weighted by Gasteiger charge is 2.19. The average molecular weight is 436 g/mol. The van der Waals surface area contributed by atoms with E-state index < -0.39 is 10.0 Å². The molecule has 0 atom stereocenters. The van der Waals surface area contributed by atoms with E-state index in [-0.39, 0.29) is 10.6 Å². The van der Waals surface area contributed by atoms with Gasteiger partial charge < -0.3 is 10.1 Å². The van der Waals surface area contributed by atoms with Crippen LogP contribution in [-0.4, -0.2) is 35.3 Å². The van der Waals surface area contributed by atoms with E-state index in [4.69, 9.17) is 4.74 Å². The highest BCUT2D eigenvalue weighted by Crippen LogP contribution is 2.27. The van der Waals surface area contributed by atoms with Crippen LogP contribution in [0.5, 0.6) is 5.75 Å². The molecule has 0 unspecified atom stereocenters. The Kier molecular flexibility index (Phi) is 5.54. The SMILES string of the molecule is COc1ccc(C)cc1S(=O)(=O)Nc1ccc(Nc2cc(-n3cccn3)ncn2)cc1. The Bertz CT molecular complexity index is 1290. The standard InChI is InChI=1S/C21H20N6O3S/c1-15-4-9-18(30-2)19(12-15)31(28,29)26-17-7-5-16(6-8-17)25-20-13-21(23-14-22-20)27-11-3-10-24-27/h3-14,26H,1-2H3,(H,22,23,25). The zero-order valence-electron chi connectivity index (χ0n) is 16.9. The molecule has 31 heavy (non-hydrogen) atoms. The number of ether oxygens (including phenoxy) is 1. The summed E-state index contributed by atoms with van der Waals surface area (Å²) >= 11 is 0. The van der Waals surface area contributed by atoms with Crippen LogP contribution in [-0.2, 0) is 10.0 Å². The predicted octanol–water partition coefficient (Wildman–Crippen LogP) is 3.52. The lowest BCUT2D eigenvalue weighted by molar-refractivity contribution is 0.402. The number of nitrogens with one attached hydrogen (secondary N) is 2. The van der Waals surface area contributed by atoms with Gasteiger partial charge in [0.15, 0.2) is 5.82 Å². The molecule has 0 aliphatic heterocycles. The van der Waals surface area contributed by atoms with Crippen molar-refractivity contribution in [1.29, 1.82) is 0 Å². The number of aryl methyl sites for hydroxylation is 1. The van der Waals surface area contributed by atoms with Crippen LogP contribution in [0.4, 0.5) is 17.2 Å². The first-order chi connectivity index (χ1) is 14.9. The lowest BCUT2D eigenvalue weighted by atomic mass is 10.2. The Labute approximate surface area is 179 Å². The Morgan fingerprint density at radius 3 is 2.48 bits per heavy atom. The molecule has 2 N–H and O–H groups in total. The maximum absolute atomic E-state index is 12.8. The van der Waals surface area contributed by atoms with E-state index in [9.17, 15) is 8.42 Å². The van der Waals surface area contributed by atoms with Gasteiger partial charge in [-0.2, -0.15) is 5.10 Å². The van der Waals surface area contributed by atoms with Gasteiger partial charge in [0, 0.05) is 29.8 Å². The molecule has 4 aromatic rings. The Morgan fingerprint density at radius 2 is 1.77 bits per heavy atom. The van der Waals surface area contributed by atoms with Crippen LogP contribution < -0.4 is 14.8 Å². The molecule has 0 amide bonds. The summed E-state index contributed by atoms with van der Waals surface area (Å²) in [6.07, 6.45) is 4.90. The number of anilines is 3. The second-order valence-electron chi connectivity index (χ2n) is 6.67. The average Bonchev–Trinajstić information content (AvgIpc) is 3.30. The van der Waals surface area contributed by atoms with Crippen molar-refractivity contribution < 1.29 is 13.2 Å². The third-order valence-electron chi connectivity index (χ3n) is 4.41. The number of hydrogen-bond acceptors (Lipinski definition) is 7. The lowest BCUT2D eigenvalue weighted by Crippen LogP contribution is -2.14. The van der Waals surface area contributed by atoms with Gasteiger partial charge in [-0.1, -0.05) is 6.07 Å². The van der Waals surface area contributed by atoms with Crippen molar-refractivity contribution in [3.8, 4) is 11.6 Å². The zero-order valence-corrected chi connectivity index (χ0v) is 17.7. The van der Waals surface area contributed by atoms with E-state index in [1.807, 2.05) is 6.92 Å². The molecular weight excluding hydrogens is 416 g/mol.